The summed E-state index contributed by atoms with van der Waals surface area (Å²) in [5.74, 6) is -0.946. The second-order valence-electron chi connectivity index (χ2n) is 3.02. The number of anilines is 1. The molecule has 1 rings (SSSR count). The molecule has 0 fully saturated rings. The van der Waals surface area contributed by atoms with Gasteiger partial charge < -0.3 is 9.84 Å². The van der Waals surface area contributed by atoms with Gasteiger partial charge in [0.1, 0.15) is 23.5 Å². The standard InChI is InChI=1S/C11H8N4O3/c1-18-10-3-2-7(4-9(10)11(16)17)14-15-8(5-12)6-13/h2-4,14H,1H3,(H,16,17). The molecule has 90 valence electrons. The average Bonchev–Trinajstić information content (AvgIpc) is 2.39. The van der Waals surface area contributed by atoms with Gasteiger partial charge in [-0.2, -0.15) is 15.6 Å². The number of nitriles is 2. The largest absolute Gasteiger partial charge is 0.496 e. The highest BCUT2D eigenvalue weighted by atomic mass is 16.5. The fourth-order valence-electron chi connectivity index (χ4n) is 1.14. The van der Waals surface area contributed by atoms with Gasteiger partial charge in [-0.05, 0) is 18.2 Å². The maximum Gasteiger partial charge on any atom is 0.339 e. The van der Waals surface area contributed by atoms with Crippen molar-refractivity contribution in [1.82, 2.24) is 0 Å². The molecule has 0 aliphatic rings. The van der Waals surface area contributed by atoms with Crippen LogP contribution >= 0.6 is 0 Å². The number of hydrazone groups is 1. The van der Waals surface area contributed by atoms with Crippen LogP contribution in [0.1, 0.15) is 10.4 Å². The molecular formula is C11H8N4O3. The minimum absolute atomic E-state index is 0.0480. The Labute approximate surface area is 103 Å². The molecule has 0 heterocycles. The zero-order chi connectivity index (χ0) is 13.5. The topological polar surface area (TPSA) is 118 Å². The number of ether oxygens (including phenoxy) is 1. The van der Waals surface area contributed by atoms with Crippen LogP contribution in [0.25, 0.3) is 0 Å². The number of benzene rings is 1. The summed E-state index contributed by atoms with van der Waals surface area (Å²) >= 11 is 0. The second-order valence-corrected chi connectivity index (χ2v) is 3.02. The van der Waals surface area contributed by atoms with Crippen molar-refractivity contribution in [1.29, 1.82) is 10.5 Å². The van der Waals surface area contributed by atoms with Crippen molar-refractivity contribution in [2.45, 2.75) is 0 Å². The number of hydrogen-bond acceptors (Lipinski definition) is 6. The smallest absolute Gasteiger partial charge is 0.339 e. The predicted molar refractivity (Wildman–Crippen MR) is 62.2 cm³/mol. The third-order valence-corrected chi connectivity index (χ3v) is 1.94. The fraction of sp³-hybridized carbons (Fsp3) is 0.0909. The average molecular weight is 244 g/mol. The Morgan fingerprint density at radius 2 is 2.11 bits per heavy atom. The molecule has 0 bridgehead atoms. The van der Waals surface area contributed by atoms with E-state index in [2.05, 4.69) is 10.5 Å². The molecule has 18 heavy (non-hydrogen) atoms. The molecule has 1 aromatic carbocycles. The highest BCUT2D eigenvalue weighted by Gasteiger charge is 2.11. The van der Waals surface area contributed by atoms with Gasteiger partial charge in [0.05, 0.1) is 12.8 Å². The minimum atomic E-state index is -1.15. The summed E-state index contributed by atoms with van der Waals surface area (Å²) in [6.45, 7) is 0. The van der Waals surface area contributed by atoms with E-state index in [4.69, 9.17) is 20.4 Å². The summed E-state index contributed by atoms with van der Waals surface area (Å²) in [7, 11) is 1.36. The zero-order valence-corrected chi connectivity index (χ0v) is 9.34. The quantitative estimate of drug-likeness (QED) is 0.606. The van der Waals surface area contributed by atoms with Gasteiger partial charge in [0.2, 0.25) is 5.71 Å². The lowest BCUT2D eigenvalue weighted by atomic mass is 10.2. The van der Waals surface area contributed by atoms with Crippen LogP contribution in [0.3, 0.4) is 0 Å². The summed E-state index contributed by atoms with van der Waals surface area (Å²) < 4.78 is 4.88. The summed E-state index contributed by atoms with van der Waals surface area (Å²) in [4.78, 5) is 10.9. The van der Waals surface area contributed by atoms with Crippen molar-refractivity contribution >= 4 is 17.4 Å². The van der Waals surface area contributed by atoms with E-state index in [-0.39, 0.29) is 17.0 Å². The second kappa shape index (κ2) is 5.87. The number of methoxy groups -OCH3 is 1. The van der Waals surface area contributed by atoms with E-state index in [1.165, 1.54) is 25.3 Å². The number of carbonyl (C=O) groups is 1. The van der Waals surface area contributed by atoms with E-state index in [0.717, 1.165) is 0 Å². The van der Waals surface area contributed by atoms with Crippen LogP contribution in [0, 0.1) is 22.7 Å². The van der Waals surface area contributed by atoms with E-state index in [9.17, 15) is 4.79 Å². The van der Waals surface area contributed by atoms with Gasteiger partial charge in [-0.3, -0.25) is 5.43 Å². The summed E-state index contributed by atoms with van der Waals surface area (Å²) in [6, 6.07) is 7.38. The van der Waals surface area contributed by atoms with Crippen molar-refractivity contribution in [3.05, 3.63) is 23.8 Å². The molecule has 1 aromatic rings. The molecule has 7 nitrogen and oxygen atoms in total. The monoisotopic (exact) mass is 244 g/mol. The van der Waals surface area contributed by atoms with Gasteiger partial charge in [-0.1, -0.05) is 0 Å². The Balaban J connectivity index is 3.04. The fourth-order valence-corrected chi connectivity index (χ4v) is 1.14. The van der Waals surface area contributed by atoms with Gasteiger partial charge in [0.25, 0.3) is 0 Å². The Morgan fingerprint density at radius 3 is 2.61 bits per heavy atom. The Morgan fingerprint density at radius 1 is 1.44 bits per heavy atom. The Hall–Kier alpha value is -3.06. The number of nitrogens with zero attached hydrogens (tertiary/aromatic N) is 3. The van der Waals surface area contributed by atoms with Crippen LogP contribution in [-0.4, -0.2) is 23.9 Å². The summed E-state index contributed by atoms with van der Waals surface area (Å²) in [5, 5.41) is 29.4. The normalized spacial score (nSPS) is 8.61. The molecule has 0 atom stereocenters. The van der Waals surface area contributed by atoms with Gasteiger partial charge in [0, 0.05) is 0 Å². The molecule has 0 spiro atoms. The van der Waals surface area contributed by atoms with Crippen molar-refractivity contribution in [3.63, 3.8) is 0 Å². The first-order chi connectivity index (χ1) is 8.62. The number of hydrogen-bond donors (Lipinski definition) is 2. The number of rotatable bonds is 4. The molecule has 0 unspecified atom stereocenters. The highest BCUT2D eigenvalue weighted by Crippen LogP contribution is 2.22. The SMILES string of the molecule is COc1ccc(NN=C(C#N)C#N)cc1C(=O)O. The van der Waals surface area contributed by atoms with E-state index < -0.39 is 5.97 Å². The van der Waals surface area contributed by atoms with Crippen molar-refractivity contribution in [2.24, 2.45) is 5.10 Å². The van der Waals surface area contributed by atoms with Gasteiger partial charge in [-0.25, -0.2) is 4.79 Å². The highest BCUT2D eigenvalue weighted by molar-refractivity contribution is 6.10. The third kappa shape index (κ3) is 2.97. The molecular weight excluding hydrogens is 236 g/mol. The first-order valence-electron chi connectivity index (χ1n) is 4.67. The van der Waals surface area contributed by atoms with Crippen LogP contribution in [0.2, 0.25) is 0 Å². The first kappa shape index (κ1) is 13.0. The maximum absolute atomic E-state index is 10.9. The van der Waals surface area contributed by atoms with E-state index >= 15 is 0 Å². The number of aromatic carboxylic acids is 1. The lowest BCUT2D eigenvalue weighted by molar-refractivity contribution is 0.0693. The minimum Gasteiger partial charge on any atom is -0.496 e. The molecule has 0 saturated carbocycles. The van der Waals surface area contributed by atoms with Gasteiger partial charge >= 0.3 is 5.97 Å². The van der Waals surface area contributed by atoms with Crippen LogP contribution < -0.4 is 10.2 Å². The van der Waals surface area contributed by atoms with Crippen molar-refractivity contribution in [3.8, 4) is 17.9 Å². The summed E-state index contributed by atoms with van der Waals surface area (Å²) in [6.07, 6.45) is 0. The lowest BCUT2D eigenvalue weighted by Crippen LogP contribution is -2.02. The van der Waals surface area contributed by atoms with Crippen molar-refractivity contribution in [2.75, 3.05) is 12.5 Å². The molecule has 0 aliphatic heterocycles. The molecule has 0 amide bonds. The van der Waals surface area contributed by atoms with Gasteiger partial charge in [0.15, 0.2) is 0 Å². The van der Waals surface area contributed by atoms with Crippen LogP contribution in [-0.2, 0) is 0 Å². The van der Waals surface area contributed by atoms with Crippen LogP contribution in [0.4, 0.5) is 5.69 Å². The van der Waals surface area contributed by atoms with Crippen molar-refractivity contribution < 1.29 is 14.6 Å². The molecule has 0 aliphatic carbocycles. The summed E-state index contributed by atoms with van der Waals surface area (Å²) in [5.41, 5.74) is 2.34. The van der Waals surface area contributed by atoms with Crippen LogP contribution in [0.15, 0.2) is 23.3 Å². The lowest BCUT2D eigenvalue weighted by Gasteiger charge is -2.06. The molecule has 0 saturated heterocycles. The zero-order valence-electron chi connectivity index (χ0n) is 9.34. The van der Waals surface area contributed by atoms with E-state index in [1.54, 1.807) is 12.1 Å². The Bertz CT molecular complexity index is 565. The maximum atomic E-state index is 10.9. The molecule has 0 aromatic heterocycles. The van der Waals surface area contributed by atoms with Crippen LogP contribution in [0.5, 0.6) is 5.75 Å². The third-order valence-electron chi connectivity index (χ3n) is 1.94. The Kier molecular flexibility index (Phi) is 4.24. The number of carboxylic acids is 1. The van der Waals surface area contributed by atoms with E-state index in [0.29, 0.717) is 5.69 Å². The van der Waals surface area contributed by atoms with Gasteiger partial charge in [-0.15, -0.1) is 0 Å². The molecule has 0 radical (unpaired) electrons. The number of carboxylic acid groups (broad SMARTS) is 1. The van der Waals surface area contributed by atoms with E-state index in [1.807, 2.05) is 0 Å². The predicted octanol–water partition coefficient (Wildman–Crippen LogP) is 1.21. The molecule has 7 heteroatoms. The number of nitrogens with one attached hydrogen (secondary N) is 1. The molecule has 2 N–H and O–H groups in total. The first-order valence-corrected chi connectivity index (χ1v) is 4.67.